The molecule has 1 atom stereocenters. The predicted octanol–water partition coefficient (Wildman–Crippen LogP) is -1.60. The van der Waals surface area contributed by atoms with Crippen molar-refractivity contribution in [2.45, 2.75) is 18.9 Å². The average molecular weight is 248 g/mol. The first kappa shape index (κ1) is 15.3. The minimum atomic E-state index is -1.28. The Morgan fingerprint density at radius 3 is 2.41 bits per heavy atom. The van der Waals surface area contributed by atoms with Crippen molar-refractivity contribution in [3.8, 4) is 0 Å². The second-order valence-electron chi connectivity index (χ2n) is 3.23. The second-order valence-corrected chi connectivity index (χ2v) is 3.23. The lowest BCUT2D eigenvalue weighted by atomic mass is 10.1. The van der Waals surface area contributed by atoms with Crippen LogP contribution in [0.15, 0.2) is 0 Å². The molecule has 0 aromatic heterocycles. The third-order valence-electron chi connectivity index (χ3n) is 1.78. The number of amides is 1. The highest BCUT2D eigenvalue weighted by molar-refractivity contribution is 5.84. The minimum absolute atomic E-state index is 0.173. The fourth-order valence-corrected chi connectivity index (χ4v) is 1.01. The van der Waals surface area contributed by atoms with Crippen LogP contribution in [-0.2, 0) is 19.1 Å². The summed E-state index contributed by atoms with van der Waals surface area (Å²) in [6.07, 6.45) is -0.506. The Morgan fingerprint density at radius 2 is 1.94 bits per heavy atom. The lowest BCUT2D eigenvalue weighted by Gasteiger charge is -2.13. The van der Waals surface area contributed by atoms with Crippen molar-refractivity contribution in [3.05, 3.63) is 0 Å². The number of aliphatic carboxylic acids is 2. The number of nitrogens with one attached hydrogen (secondary N) is 1. The van der Waals surface area contributed by atoms with E-state index in [4.69, 9.17) is 20.7 Å². The second kappa shape index (κ2) is 8.48. The molecule has 5 N–H and O–H groups in total. The molecule has 1 unspecified atom stereocenters. The highest BCUT2D eigenvalue weighted by atomic mass is 16.5. The number of rotatable bonds is 9. The lowest BCUT2D eigenvalue weighted by molar-refractivity contribution is -0.143. The number of ether oxygens (including phenoxy) is 1. The summed E-state index contributed by atoms with van der Waals surface area (Å²) < 4.78 is 4.80. The molecule has 98 valence electrons. The topological polar surface area (TPSA) is 139 Å². The van der Waals surface area contributed by atoms with Crippen molar-refractivity contribution >= 4 is 17.8 Å². The molecular formula is C9H16N2O6. The Hall–Kier alpha value is -1.67. The average Bonchev–Trinajstić information content (AvgIpc) is 2.23. The van der Waals surface area contributed by atoms with Crippen molar-refractivity contribution in [1.82, 2.24) is 5.32 Å². The number of carboxylic acids is 2. The van der Waals surface area contributed by atoms with E-state index in [-0.39, 0.29) is 32.6 Å². The lowest BCUT2D eigenvalue weighted by Crippen LogP contribution is -2.42. The maximum atomic E-state index is 11.2. The van der Waals surface area contributed by atoms with Gasteiger partial charge in [-0.25, -0.2) is 4.79 Å². The van der Waals surface area contributed by atoms with Crippen LogP contribution in [0.1, 0.15) is 12.8 Å². The number of carboxylic acid groups (broad SMARTS) is 2. The molecule has 0 aromatic carbocycles. The van der Waals surface area contributed by atoms with Gasteiger partial charge in [-0.2, -0.15) is 0 Å². The van der Waals surface area contributed by atoms with Gasteiger partial charge in [-0.1, -0.05) is 0 Å². The van der Waals surface area contributed by atoms with Gasteiger partial charge in [-0.3, -0.25) is 9.59 Å². The SMILES string of the molecule is NCCOCC(=O)NC(CCC(=O)O)C(=O)O. The number of hydrogen-bond acceptors (Lipinski definition) is 5. The van der Waals surface area contributed by atoms with Crippen LogP contribution in [-0.4, -0.2) is 53.9 Å². The summed E-state index contributed by atoms with van der Waals surface area (Å²) in [5.74, 6) is -3.01. The fraction of sp³-hybridized carbons (Fsp3) is 0.667. The molecule has 0 aliphatic heterocycles. The van der Waals surface area contributed by atoms with Crippen molar-refractivity contribution < 1.29 is 29.3 Å². The van der Waals surface area contributed by atoms with Crippen LogP contribution in [0.25, 0.3) is 0 Å². The molecule has 0 saturated carbocycles. The van der Waals surface area contributed by atoms with Crippen LogP contribution >= 0.6 is 0 Å². The van der Waals surface area contributed by atoms with Crippen LogP contribution in [0.4, 0.5) is 0 Å². The van der Waals surface area contributed by atoms with E-state index in [9.17, 15) is 14.4 Å². The molecule has 0 radical (unpaired) electrons. The van der Waals surface area contributed by atoms with Crippen molar-refractivity contribution in [1.29, 1.82) is 0 Å². The van der Waals surface area contributed by atoms with Gasteiger partial charge < -0.3 is 26.0 Å². The van der Waals surface area contributed by atoms with Gasteiger partial charge in [-0.05, 0) is 6.42 Å². The van der Waals surface area contributed by atoms with Gasteiger partial charge in [0.25, 0.3) is 0 Å². The molecule has 0 rings (SSSR count). The Morgan fingerprint density at radius 1 is 1.29 bits per heavy atom. The number of carbonyl (C=O) groups excluding carboxylic acids is 1. The highest BCUT2D eigenvalue weighted by Crippen LogP contribution is 1.98. The molecular weight excluding hydrogens is 232 g/mol. The zero-order valence-electron chi connectivity index (χ0n) is 9.22. The molecule has 1 amide bonds. The van der Waals surface area contributed by atoms with E-state index in [1.807, 2.05) is 0 Å². The molecule has 0 fully saturated rings. The standard InChI is InChI=1S/C9H16N2O6/c10-3-4-17-5-7(12)11-6(9(15)16)1-2-8(13)14/h6H,1-5,10H2,(H,11,12)(H,13,14)(H,15,16). The Kier molecular flexibility index (Phi) is 7.65. The summed E-state index contributed by atoms with van der Waals surface area (Å²) in [5, 5.41) is 19.3. The molecule has 8 nitrogen and oxygen atoms in total. The van der Waals surface area contributed by atoms with E-state index in [0.29, 0.717) is 0 Å². The third-order valence-corrected chi connectivity index (χ3v) is 1.78. The Balaban J connectivity index is 4.02. The molecule has 0 aliphatic rings. The van der Waals surface area contributed by atoms with E-state index in [0.717, 1.165) is 0 Å². The fourth-order valence-electron chi connectivity index (χ4n) is 1.01. The van der Waals surface area contributed by atoms with Gasteiger partial charge in [0.2, 0.25) is 5.91 Å². The van der Waals surface area contributed by atoms with Crippen LogP contribution in [0.5, 0.6) is 0 Å². The Bertz CT molecular complexity index is 281. The predicted molar refractivity (Wildman–Crippen MR) is 56.3 cm³/mol. The van der Waals surface area contributed by atoms with E-state index in [1.165, 1.54) is 0 Å². The summed E-state index contributed by atoms with van der Waals surface area (Å²) in [6.45, 7) is 0.156. The monoisotopic (exact) mass is 248 g/mol. The normalized spacial score (nSPS) is 11.8. The molecule has 0 aromatic rings. The Labute approximate surface area is 97.7 Å². The van der Waals surface area contributed by atoms with Crippen LogP contribution in [0.2, 0.25) is 0 Å². The summed E-state index contributed by atoms with van der Waals surface area (Å²) in [7, 11) is 0. The van der Waals surface area contributed by atoms with Gasteiger partial charge in [0.1, 0.15) is 12.6 Å². The molecule has 8 heteroatoms. The highest BCUT2D eigenvalue weighted by Gasteiger charge is 2.20. The minimum Gasteiger partial charge on any atom is -0.481 e. The first-order valence-corrected chi connectivity index (χ1v) is 4.99. The third kappa shape index (κ3) is 8.17. The van der Waals surface area contributed by atoms with Gasteiger partial charge in [-0.15, -0.1) is 0 Å². The molecule has 0 bridgehead atoms. The molecule has 0 spiro atoms. The maximum Gasteiger partial charge on any atom is 0.326 e. The molecule has 0 aliphatic carbocycles. The van der Waals surface area contributed by atoms with Crippen LogP contribution < -0.4 is 11.1 Å². The summed E-state index contributed by atoms with van der Waals surface area (Å²) in [6, 6.07) is -1.22. The van der Waals surface area contributed by atoms with E-state index in [2.05, 4.69) is 5.32 Å². The van der Waals surface area contributed by atoms with E-state index >= 15 is 0 Å². The van der Waals surface area contributed by atoms with Crippen molar-refractivity contribution in [3.63, 3.8) is 0 Å². The first-order valence-electron chi connectivity index (χ1n) is 4.99. The smallest absolute Gasteiger partial charge is 0.326 e. The number of nitrogens with two attached hydrogens (primary N) is 1. The summed E-state index contributed by atoms with van der Waals surface area (Å²) >= 11 is 0. The van der Waals surface area contributed by atoms with Gasteiger partial charge in [0, 0.05) is 13.0 Å². The zero-order valence-corrected chi connectivity index (χ0v) is 9.22. The zero-order chi connectivity index (χ0) is 13.3. The summed E-state index contributed by atoms with van der Waals surface area (Å²) in [5.41, 5.74) is 5.13. The number of hydrogen-bond donors (Lipinski definition) is 4. The van der Waals surface area contributed by atoms with Gasteiger partial charge in [0.15, 0.2) is 0 Å². The van der Waals surface area contributed by atoms with Crippen molar-refractivity contribution in [2.24, 2.45) is 5.73 Å². The molecule has 0 saturated heterocycles. The number of carbonyl (C=O) groups is 3. The van der Waals surface area contributed by atoms with Crippen molar-refractivity contribution in [2.75, 3.05) is 19.8 Å². The van der Waals surface area contributed by atoms with Gasteiger partial charge >= 0.3 is 11.9 Å². The van der Waals surface area contributed by atoms with Crippen LogP contribution in [0, 0.1) is 0 Å². The first-order chi connectivity index (χ1) is 7.97. The summed E-state index contributed by atoms with van der Waals surface area (Å²) in [4.78, 5) is 32.2. The maximum absolute atomic E-state index is 11.2. The van der Waals surface area contributed by atoms with E-state index < -0.39 is 23.9 Å². The van der Waals surface area contributed by atoms with E-state index in [1.54, 1.807) is 0 Å². The molecule has 17 heavy (non-hydrogen) atoms. The van der Waals surface area contributed by atoms with Gasteiger partial charge in [0.05, 0.1) is 6.61 Å². The largest absolute Gasteiger partial charge is 0.481 e. The quantitative estimate of drug-likeness (QED) is 0.360. The van der Waals surface area contributed by atoms with Crippen LogP contribution in [0.3, 0.4) is 0 Å². The molecule has 0 heterocycles.